The maximum absolute atomic E-state index is 12.2. The fraction of sp³-hybridized carbons (Fsp3) is 0.588. The predicted octanol–water partition coefficient (Wildman–Crippen LogP) is 3.20. The summed E-state index contributed by atoms with van der Waals surface area (Å²) in [6.07, 6.45) is 3.77. The van der Waals surface area contributed by atoms with Crippen LogP contribution in [0.5, 0.6) is 5.75 Å². The summed E-state index contributed by atoms with van der Waals surface area (Å²) in [5.41, 5.74) is 1.71. The normalized spacial score (nSPS) is 22.2. The molecule has 0 aromatic heterocycles. The second-order valence-corrected chi connectivity index (χ2v) is 7.94. The minimum absolute atomic E-state index is 0.101. The van der Waals surface area contributed by atoms with Crippen LogP contribution < -0.4 is 15.4 Å². The van der Waals surface area contributed by atoms with Crippen LogP contribution in [0.1, 0.15) is 38.2 Å². The number of methoxy groups -OCH3 is 1. The monoisotopic (exact) mass is 338 g/mol. The van der Waals surface area contributed by atoms with Crippen molar-refractivity contribution in [3.63, 3.8) is 0 Å². The van der Waals surface area contributed by atoms with E-state index in [1.54, 1.807) is 7.11 Å². The Bertz CT molecular complexity index is 577. The molecule has 6 heteroatoms. The van der Waals surface area contributed by atoms with Crippen LogP contribution in [0.4, 0.5) is 10.5 Å². The highest BCUT2D eigenvalue weighted by Crippen LogP contribution is 2.24. The number of rotatable bonds is 5. The van der Waals surface area contributed by atoms with Crippen LogP contribution >= 0.6 is 0 Å². The number of anilines is 1. The first-order valence-electron chi connectivity index (χ1n) is 8.12. The van der Waals surface area contributed by atoms with Crippen LogP contribution in [0.2, 0.25) is 0 Å². The Hall–Kier alpha value is -1.56. The van der Waals surface area contributed by atoms with Crippen LogP contribution in [-0.2, 0) is 10.8 Å². The molecule has 1 aliphatic rings. The molecule has 1 fully saturated rings. The van der Waals surface area contributed by atoms with E-state index in [2.05, 4.69) is 10.6 Å². The summed E-state index contributed by atoms with van der Waals surface area (Å²) in [5, 5.41) is 6.08. The molecule has 0 radical (unpaired) electrons. The average molecular weight is 338 g/mol. The van der Waals surface area contributed by atoms with E-state index < -0.39 is 10.8 Å². The largest absolute Gasteiger partial charge is 0.496 e. The van der Waals surface area contributed by atoms with E-state index in [-0.39, 0.29) is 17.3 Å². The van der Waals surface area contributed by atoms with Crippen molar-refractivity contribution in [2.75, 3.05) is 18.2 Å². The lowest BCUT2D eigenvalue weighted by atomic mass is 9.95. The van der Waals surface area contributed by atoms with Gasteiger partial charge in [0, 0.05) is 33.5 Å². The van der Waals surface area contributed by atoms with Crippen LogP contribution in [0.25, 0.3) is 0 Å². The molecule has 0 unspecified atom stereocenters. The van der Waals surface area contributed by atoms with Gasteiger partial charge in [-0.1, -0.05) is 13.3 Å². The first-order chi connectivity index (χ1) is 11.0. The second-order valence-electron chi connectivity index (χ2n) is 5.94. The molecular weight excluding hydrogens is 312 g/mol. The lowest BCUT2D eigenvalue weighted by Crippen LogP contribution is -2.42. The number of ether oxygens (including phenoxy) is 1. The number of nitrogens with one attached hydrogen (secondary N) is 2. The summed E-state index contributed by atoms with van der Waals surface area (Å²) >= 11 is 0. The molecule has 2 N–H and O–H groups in total. The van der Waals surface area contributed by atoms with Crippen molar-refractivity contribution in [2.45, 2.75) is 50.8 Å². The standard InChI is InChI=1S/C17H26N2O3S/c1-4-23(21)15-7-5-6-13(11-15)18-17(20)19-14-8-9-16(22-3)12(2)10-14/h8-10,13,15H,4-7,11H2,1-3H3,(H2,18,19,20)/t13-,15-,23+/m1/s1. The molecule has 0 aliphatic heterocycles. The number of carbonyl (C=O) groups excluding carboxylic acids is 1. The van der Waals surface area contributed by atoms with Crippen molar-refractivity contribution in [3.05, 3.63) is 23.8 Å². The van der Waals surface area contributed by atoms with Crippen LogP contribution in [-0.4, -0.2) is 34.4 Å². The molecule has 1 aliphatic carbocycles. The second kappa shape index (κ2) is 8.34. The van der Waals surface area contributed by atoms with Crippen LogP contribution in [0, 0.1) is 6.92 Å². The van der Waals surface area contributed by atoms with Gasteiger partial charge in [0.15, 0.2) is 0 Å². The Labute approximate surface area is 140 Å². The topological polar surface area (TPSA) is 67.4 Å². The molecule has 23 heavy (non-hydrogen) atoms. The van der Waals surface area contributed by atoms with Gasteiger partial charge in [-0.3, -0.25) is 4.21 Å². The van der Waals surface area contributed by atoms with E-state index >= 15 is 0 Å². The Balaban J connectivity index is 1.89. The third-order valence-electron chi connectivity index (χ3n) is 4.27. The van der Waals surface area contributed by atoms with Crippen LogP contribution in [0.3, 0.4) is 0 Å². The van der Waals surface area contributed by atoms with E-state index in [1.165, 1.54) is 0 Å². The van der Waals surface area contributed by atoms with Crippen molar-refractivity contribution >= 4 is 22.5 Å². The Kier molecular flexibility index (Phi) is 6.45. The summed E-state index contributed by atoms with van der Waals surface area (Å²) in [6, 6.07) is 5.44. The molecular formula is C17H26N2O3S. The summed E-state index contributed by atoms with van der Waals surface area (Å²) in [6.45, 7) is 3.89. The molecule has 0 heterocycles. The molecule has 2 rings (SSSR count). The number of hydrogen-bond acceptors (Lipinski definition) is 3. The summed E-state index contributed by atoms with van der Waals surface area (Å²) in [7, 11) is 0.848. The van der Waals surface area contributed by atoms with Gasteiger partial charge in [0.1, 0.15) is 5.75 Å². The third-order valence-corrected chi connectivity index (χ3v) is 6.01. The molecule has 1 aromatic rings. The van der Waals surface area contributed by atoms with Gasteiger partial charge < -0.3 is 15.4 Å². The maximum atomic E-state index is 12.2. The number of aryl methyl sites for hydroxylation is 1. The summed E-state index contributed by atoms with van der Waals surface area (Å²) in [5.74, 6) is 1.49. The summed E-state index contributed by atoms with van der Waals surface area (Å²) < 4.78 is 17.2. The molecule has 128 valence electrons. The zero-order valence-corrected chi connectivity index (χ0v) is 14.9. The maximum Gasteiger partial charge on any atom is 0.319 e. The SMILES string of the molecule is CC[S@](=O)[C@@H]1CCC[C@@H](NC(=O)Nc2ccc(OC)c(C)c2)C1. The first kappa shape index (κ1) is 17.8. The molecule has 1 aromatic carbocycles. The molecule has 5 nitrogen and oxygen atoms in total. The first-order valence-corrected chi connectivity index (χ1v) is 9.51. The minimum atomic E-state index is -0.779. The smallest absolute Gasteiger partial charge is 0.319 e. The highest BCUT2D eigenvalue weighted by atomic mass is 32.2. The van der Waals surface area contributed by atoms with Gasteiger partial charge in [0.25, 0.3) is 0 Å². The highest BCUT2D eigenvalue weighted by molar-refractivity contribution is 7.85. The fourth-order valence-electron chi connectivity index (χ4n) is 3.06. The molecule has 0 spiro atoms. The zero-order chi connectivity index (χ0) is 16.8. The van der Waals surface area contributed by atoms with Crippen LogP contribution in [0.15, 0.2) is 18.2 Å². The van der Waals surface area contributed by atoms with Crippen molar-refractivity contribution in [3.8, 4) is 5.75 Å². The van der Waals surface area contributed by atoms with E-state index in [0.29, 0.717) is 5.75 Å². The molecule has 0 bridgehead atoms. The number of carbonyl (C=O) groups is 1. The van der Waals surface area contributed by atoms with Crippen molar-refractivity contribution in [1.29, 1.82) is 0 Å². The fourth-order valence-corrected chi connectivity index (χ4v) is 4.41. The van der Waals surface area contributed by atoms with Gasteiger partial charge >= 0.3 is 6.03 Å². The number of benzene rings is 1. The summed E-state index contributed by atoms with van der Waals surface area (Å²) in [4.78, 5) is 12.2. The highest BCUT2D eigenvalue weighted by Gasteiger charge is 2.26. The quantitative estimate of drug-likeness (QED) is 0.866. The van der Waals surface area contributed by atoms with Gasteiger partial charge in [-0.05, 0) is 49.9 Å². The Morgan fingerprint density at radius 2 is 2.17 bits per heavy atom. The van der Waals surface area contributed by atoms with E-state index in [9.17, 15) is 9.00 Å². The van der Waals surface area contributed by atoms with Crippen molar-refractivity contribution in [1.82, 2.24) is 5.32 Å². The Morgan fingerprint density at radius 3 is 2.83 bits per heavy atom. The van der Waals surface area contributed by atoms with Crippen molar-refractivity contribution in [2.24, 2.45) is 0 Å². The molecule has 1 saturated carbocycles. The zero-order valence-electron chi connectivity index (χ0n) is 14.1. The third kappa shape index (κ3) is 4.96. The number of hydrogen-bond donors (Lipinski definition) is 2. The van der Waals surface area contributed by atoms with Crippen molar-refractivity contribution < 1.29 is 13.7 Å². The Morgan fingerprint density at radius 1 is 1.39 bits per heavy atom. The van der Waals surface area contributed by atoms with Gasteiger partial charge in [0.2, 0.25) is 0 Å². The number of urea groups is 1. The average Bonchev–Trinajstić information content (AvgIpc) is 2.54. The predicted molar refractivity (Wildman–Crippen MR) is 94.6 cm³/mol. The molecule has 0 saturated heterocycles. The van der Waals surface area contributed by atoms with Gasteiger partial charge in [-0.2, -0.15) is 0 Å². The van der Waals surface area contributed by atoms with Gasteiger partial charge in [-0.25, -0.2) is 4.79 Å². The molecule has 2 amide bonds. The van der Waals surface area contributed by atoms with Gasteiger partial charge in [0.05, 0.1) is 7.11 Å². The molecule has 3 atom stereocenters. The van der Waals surface area contributed by atoms with E-state index in [0.717, 1.165) is 42.7 Å². The lowest BCUT2D eigenvalue weighted by Gasteiger charge is -2.29. The minimum Gasteiger partial charge on any atom is -0.496 e. The number of amides is 2. The van der Waals surface area contributed by atoms with Gasteiger partial charge in [-0.15, -0.1) is 0 Å². The van der Waals surface area contributed by atoms with E-state index in [4.69, 9.17) is 4.74 Å². The van der Waals surface area contributed by atoms with E-state index in [1.807, 2.05) is 32.0 Å². The lowest BCUT2D eigenvalue weighted by molar-refractivity contribution is 0.244.